The predicted octanol–water partition coefficient (Wildman–Crippen LogP) is 6.85. The highest BCUT2D eigenvalue weighted by Gasteiger charge is 2.37. The first-order chi connectivity index (χ1) is 20.6. The number of carbonyl (C=O) groups is 2. The first kappa shape index (κ1) is 33.3. The van der Waals surface area contributed by atoms with Gasteiger partial charge in [-0.25, -0.2) is 14.8 Å². The number of fused-ring (bicyclic) bond motifs is 1. The number of nitrogens with zero attached hydrogens (tertiary/aromatic N) is 4. The van der Waals surface area contributed by atoms with Crippen molar-refractivity contribution in [1.82, 2.24) is 30.2 Å². The summed E-state index contributed by atoms with van der Waals surface area (Å²) >= 11 is 1.39. The topological polar surface area (TPSA) is 122 Å². The quantitative estimate of drug-likeness (QED) is 0.173. The van der Waals surface area contributed by atoms with Gasteiger partial charge in [0.1, 0.15) is 17.1 Å². The standard InChI is InChI=1S/C32H44N6O4SSi/c1-31(2,3)42-30(40)38(19-27-35-23-13-9-10-14-24(23)36-27)17-15-28-37-26(21-43-28)29(39)34-18-25-22(12-11-16-33-25)20-41-44(7,8)32(4,5)6/h9-14,16,21H,15,17-20H2,1-8H3,(H,34,39)(H,35,36). The van der Waals surface area contributed by atoms with Gasteiger partial charge in [0.2, 0.25) is 0 Å². The third-order valence-electron chi connectivity index (χ3n) is 7.61. The Morgan fingerprint density at radius 3 is 2.50 bits per heavy atom. The number of aromatic amines is 1. The number of hydrogen-bond acceptors (Lipinski definition) is 8. The smallest absolute Gasteiger partial charge is 0.410 e. The molecule has 0 saturated heterocycles. The van der Waals surface area contributed by atoms with Gasteiger partial charge in [0, 0.05) is 24.5 Å². The van der Waals surface area contributed by atoms with E-state index in [1.807, 2.05) is 57.2 Å². The van der Waals surface area contributed by atoms with Crippen molar-refractivity contribution in [2.75, 3.05) is 6.54 Å². The Morgan fingerprint density at radius 2 is 1.80 bits per heavy atom. The molecule has 0 spiro atoms. The molecule has 0 bridgehead atoms. The lowest BCUT2D eigenvalue weighted by Gasteiger charge is -2.36. The largest absolute Gasteiger partial charge is 0.444 e. The summed E-state index contributed by atoms with van der Waals surface area (Å²) in [5, 5.41) is 5.54. The van der Waals surface area contributed by atoms with Crippen molar-refractivity contribution in [1.29, 1.82) is 0 Å². The Labute approximate surface area is 264 Å². The third kappa shape index (κ3) is 8.96. The Bertz CT molecular complexity index is 1550. The van der Waals surface area contributed by atoms with Crippen LogP contribution < -0.4 is 5.32 Å². The van der Waals surface area contributed by atoms with Crippen molar-refractivity contribution in [3.8, 4) is 0 Å². The fraction of sp³-hybridized carbons (Fsp3) is 0.469. The second kappa shape index (κ2) is 13.6. The molecule has 236 valence electrons. The van der Waals surface area contributed by atoms with Crippen molar-refractivity contribution in [2.45, 2.75) is 91.4 Å². The third-order valence-corrected chi connectivity index (χ3v) is 13.0. The molecule has 4 aromatic rings. The van der Waals surface area contributed by atoms with Crippen LogP contribution in [0, 0.1) is 0 Å². The van der Waals surface area contributed by atoms with Gasteiger partial charge >= 0.3 is 6.09 Å². The molecular formula is C32H44N6O4SSi. The number of thiazole rings is 1. The number of benzene rings is 1. The van der Waals surface area contributed by atoms with Gasteiger partial charge in [-0.2, -0.15) is 0 Å². The number of H-pyrrole nitrogens is 1. The molecule has 2 amide bonds. The molecule has 4 rings (SSSR count). The van der Waals surface area contributed by atoms with Crippen molar-refractivity contribution >= 4 is 42.7 Å². The van der Waals surface area contributed by atoms with Crippen molar-refractivity contribution < 1.29 is 18.8 Å². The van der Waals surface area contributed by atoms with E-state index in [4.69, 9.17) is 9.16 Å². The molecule has 3 aromatic heterocycles. The van der Waals surface area contributed by atoms with Crippen LogP contribution in [0.15, 0.2) is 48.0 Å². The second-order valence-corrected chi connectivity index (χ2v) is 19.1. The molecule has 0 aliphatic carbocycles. The van der Waals surface area contributed by atoms with Gasteiger partial charge in [-0.15, -0.1) is 11.3 Å². The summed E-state index contributed by atoms with van der Waals surface area (Å²) in [6.45, 7) is 17.9. The highest BCUT2D eigenvalue weighted by atomic mass is 32.1. The predicted molar refractivity (Wildman–Crippen MR) is 176 cm³/mol. The highest BCUT2D eigenvalue weighted by molar-refractivity contribution is 7.09. The maximum atomic E-state index is 13.1. The Hall–Kier alpha value is -3.61. The lowest BCUT2D eigenvalue weighted by Crippen LogP contribution is -2.40. The van der Waals surface area contributed by atoms with E-state index in [9.17, 15) is 9.59 Å². The molecule has 3 heterocycles. The number of aromatic nitrogens is 4. The zero-order valence-corrected chi connectivity index (χ0v) is 28.8. The number of hydrogen-bond donors (Lipinski definition) is 2. The van der Waals surface area contributed by atoms with E-state index >= 15 is 0 Å². The summed E-state index contributed by atoms with van der Waals surface area (Å²) in [5.41, 5.74) is 3.17. The number of amides is 2. The molecule has 10 nitrogen and oxygen atoms in total. The van der Waals surface area contributed by atoms with Gasteiger partial charge in [-0.05, 0) is 62.7 Å². The second-order valence-electron chi connectivity index (χ2n) is 13.3. The summed E-state index contributed by atoms with van der Waals surface area (Å²) in [6.07, 6.45) is 1.75. The van der Waals surface area contributed by atoms with Gasteiger partial charge in [-0.3, -0.25) is 9.78 Å². The number of ether oxygens (including phenoxy) is 1. The van der Waals surface area contributed by atoms with E-state index in [-0.39, 0.29) is 24.0 Å². The fourth-order valence-corrected chi connectivity index (χ4v) is 5.79. The van der Waals surface area contributed by atoms with Crippen molar-refractivity contribution in [2.24, 2.45) is 0 Å². The van der Waals surface area contributed by atoms with E-state index in [0.29, 0.717) is 31.1 Å². The van der Waals surface area contributed by atoms with Crippen LogP contribution in [-0.2, 0) is 35.3 Å². The summed E-state index contributed by atoms with van der Waals surface area (Å²) in [4.78, 5) is 44.6. The zero-order chi connectivity index (χ0) is 32.1. The normalized spacial score (nSPS) is 12.4. The van der Waals surface area contributed by atoms with Crippen LogP contribution in [0.5, 0.6) is 0 Å². The monoisotopic (exact) mass is 636 g/mol. The van der Waals surface area contributed by atoms with Crippen molar-refractivity contribution in [3.63, 3.8) is 0 Å². The van der Waals surface area contributed by atoms with E-state index in [1.54, 1.807) is 16.5 Å². The minimum Gasteiger partial charge on any atom is -0.444 e. The molecule has 1 aromatic carbocycles. The summed E-state index contributed by atoms with van der Waals surface area (Å²) in [6, 6.07) is 11.6. The average molecular weight is 637 g/mol. The summed E-state index contributed by atoms with van der Waals surface area (Å²) < 4.78 is 12.1. The Morgan fingerprint density at radius 1 is 1.05 bits per heavy atom. The maximum absolute atomic E-state index is 13.1. The van der Waals surface area contributed by atoms with E-state index in [1.165, 1.54) is 11.3 Å². The molecule has 44 heavy (non-hydrogen) atoms. The van der Waals surface area contributed by atoms with Crippen LogP contribution in [0.25, 0.3) is 11.0 Å². The van der Waals surface area contributed by atoms with Gasteiger partial charge in [0.05, 0.1) is 41.4 Å². The molecule has 0 atom stereocenters. The number of pyridine rings is 1. The van der Waals surface area contributed by atoms with Gasteiger partial charge in [-0.1, -0.05) is 39.0 Å². The number of carbonyl (C=O) groups excluding carboxylic acids is 2. The zero-order valence-electron chi connectivity index (χ0n) is 27.0. The van der Waals surface area contributed by atoms with Crippen LogP contribution in [0.3, 0.4) is 0 Å². The number of rotatable bonds is 11. The van der Waals surface area contributed by atoms with Crippen LogP contribution >= 0.6 is 11.3 Å². The fourth-order valence-electron chi connectivity index (χ4n) is 4.07. The molecule has 0 saturated carbocycles. The Kier molecular flexibility index (Phi) is 10.3. The summed E-state index contributed by atoms with van der Waals surface area (Å²) in [7, 11) is -1.93. The van der Waals surface area contributed by atoms with E-state index in [2.05, 4.69) is 59.1 Å². The molecule has 2 N–H and O–H groups in total. The Balaban J connectivity index is 1.37. The number of nitrogens with one attached hydrogen (secondary N) is 2. The van der Waals surface area contributed by atoms with E-state index < -0.39 is 20.0 Å². The molecule has 0 unspecified atom stereocenters. The van der Waals surface area contributed by atoms with Gasteiger partial charge < -0.3 is 24.4 Å². The number of imidazole rings is 1. The first-order valence-electron chi connectivity index (χ1n) is 14.8. The molecular weight excluding hydrogens is 593 g/mol. The molecule has 0 fully saturated rings. The maximum Gasteiger partial charge on any atom is 0.410 e. The molecule has 0 radical (unpaired) electrons. The van der Waals surface area contributed by atoms with Gasteiger partial charge in [0.15, 0.2) is 8.32 Å². The number of para-hydroxylation sites is 2. The molecule has 12 heteroatoms. The highest BCUT2D eigenvalue weighted by Crippen LogP contribution is 2.37. The van der Waals surface area contributed by atoms with Gasteiger partial charge in [0.25, 0.3) is 5.91 Å². The van der Waals surface area contributed by atoms with Crippen LogP contribution in [0.1, 0.15) is 74.1 Å². The minimum atomic E-state index is -1.93. The van der Waals surface area contributed by atoms with Crippen LogP contribution in [0.2, 0.25) is 18.1 Å². The van der Waals surface area contributed by atoms with E-state index in [0.717, 1.165) is 27.3 Å². The first-order valence-corrected chi connectivity index (χ1v) is 18.6. The molecule has 0 aliphatic heterocycles. The van der Waals surface area contributed by atoms with Crippen LogP contribution in [0.4, 0.5) is 4.79 Å². The molecule has 0 aliphatic rings. The SMILES string of the molecule is CC(C)(C)OC(=O)N(CCc1nc(C(=O)NCc2ncccc2CO[Si](C)(C)C(C)(C)C)cs1)Cc1nc2ccccc2[nH]1. The lowest BCUT2D eigenvalue weighted by atomic mass is 10.2. The lowest BCUT2D eigenvalue weighted by molar-refractivity contribution is 0.0231. The summed E-state index contributed by atoms with van der Waals surface area (Å²) in [5.74, 6) is 0.389. The van der Waals surface area contributed by atoms with Crippen molar-refractivity contribution in [3.05, 3.63) is 75.8 Å². The minimum absolute atomic E-state index is 0.100. The van der Waals surface area contributed by atoms with Crippen LogP contribution in [-0.4, -0.2) is 57.3 Å². The average Bonchev–Trinajstić information content (AvgIpc) is 3.58.